The summed E-state index contributed by atoms with van der Waals surface area (Å²) in [6.07, 6.45) is 7.69. The molecule has 0 aliphatic heterocycles. The second-order valence-electron chi connectivity index (χ2n) is 7.78. The number of imidazole rings is 1. The Morgan fingerprint density at radius 3 is 2.73 bits per heavy atom. The Bertz CT molecular complexity index is 1210. The molecule has 1 amide bonds. The van der Waals surface area contributed by atoms with Gasteiger partial charge in [0.15, 0.2) is 11.5 Å². The third-order valence-corrected chi connectivity index (χ3v) is 5.33. The minimum atomic E-state index is -0.00553. The van der Waals surface area contributed by atoms with Crippen molar-refractivity contribution in [2.24, 2.45) is 0 Å². The first-order chi connectivity index (χ1) is 14.7. The zero-order chi connectivity index (χ0) is 20.5. The number of nitrogens with one attached hydrogen (secondary N) is 2. The second kappa shape index (κ2) is 7.63. The standard InChI is InChI=1S/C24H23N5O/c1-16-3-2-4-17(13-16)14-26-22-23-27-15-21(29(23)12-11-25-22)18-5-7-19(8-6-18)24(30)28-20-9-10-20/h2-8,11-13,15,20H,9-10,14H2,1H3,(H,25,26)(H,28,30). The predicted octanol–water partition coefficient (Wildman–Crippen LogP) is 4.21. The van der Waals surface area contributed by atoms with Gasteiger partial charge in [0, 0.05) is 36.1 Å². The summed E-state index contributed by atoms with van der Waals surface area (Å²) in [5, 5.41) is 6.42. The molecule has 2 N–H and O–H groups in total. The van der Waals surface area contributed by atoms with Gasteiger partial charge in [0.25, 0.3) is 5.91 Å². The quantitative estimate of drug-likeness (QED) is 0.511. The molecule has 2 aromatic carbocycles. The lowest BCUT2D eigenvalue weighted by molar-refractivity contribution is 0.0951. The molecule has 30 heavy (non-hydrogen) atoms. The van der Waals surface area contributed by atoms with Crippen molar-refractivity contribution in [2.75, 3.05) is 5.32 Å². The molecule has 1 aliphatic carbocycles. The highest BCUT2D eigenvalue weighted by atomic mass is 16.1. The van der Waals surface area contributed by atoms with Crippen LogP contribution in [0.5, 0.6) is 0 Å². The number of fused-ring (bicyclic) bond motifs is 1. The first kappa shape index (κ1) is 18.4. The van der Waals surface area contributed by atoms with E-state index < -0.39 is 0 Å². The molecule has 0 atom stereocenters. The summed E-state index contributed by atoms with van der Waals surface area (Å²) in [7, 11) is 0. The molecule has 0 radical (unpaired) electrons. The predicted molar refractivity (Wildman–Crippen MR) is 117 cm³/mol. The van der Waals surface area contributed by atoms with E-state index in [-0.39, 0.29) is 5.91 Å². The summed E-state index contributed by atoms with van der Waals surface area (Å²) in [4.78, 5) is 21.3. The van der Waals surface area contributed by atoms with Gasteiger partial charge in [0.1, 0.15) is 0 Å². The van der Waals surface area contributed by atoms with Crippen LogP contribution in [0.25, 0.3) is 16.9 Å². The van der Waals surface area contributed by atoms with E-state index in [1.165, 1.54) is 11.1 Å². The van der Waals surface area contributed by atoms with Crippen molar-refractivity contribution < 1.29 is 4.79 Å². The van der Waals surface area contributed by atoms with Crippen molar-refractivity contribution in [3.05, 3.63) is 83.8 Å². The lowest BCUT2D eigenvalue weighted by Crippen LogP contribution is -2.25. The molecule has 5 rings (SSSR count). The summed E-state index contributed by atoms with van der Waals surface area (Å²) in [5.41, 5.74) is 5.85. The van der Waals surface area contributed by atoms with E-state index in [2.05, 4.69) is 51.8 Å². The van der Waals surface area contributed by atoms with Crippen LogP contribution >= 0.6 is 0 Å². The number of carbonyl (C=O) groups is 1. The number of rotatable bonds is 6. The van der Waals surface area contributed by atoms with E-state index >= 15 is 0 Å². The van der Waals surface area contributed by atoms with Crippen LogP contribution in [0.15, 0.2) is 67.1 Å². The van der Waals surface area contributed by atoms with Crippen LogP contribution in [0.3, 0.4) is 0 Å². The summed E-state index contributed by atoms with van der Waals surface area (Å²) in [5.74, 6) is 0.736. The summed E-state index contributed by atoms with van der Waals surface area (Å²) in [6.45, 7) is 2.77. The monoisotopic (exact) mass is 397 g/mol. The Morgan fingerprint density at radius 2 is 1.97 bits per heavy atom. The molecule has 6 nitrogen and oxygen atoms in total. The third kappa shape index (κ3) is 3.76. The molecular weight excluding hydrogens is 374 g/mol. The van der Waals surface area contributed by atoms with Gasteiger partial charge in [-0.25, -0.2) is 9.97 Å². The SMILES string of the molecule is Cc1cccc(CNc2nccn3c(-c4ccc(C(=O)NC5CC5)cc4)cnc23)c1. The number of hydrogen-bond acceptors (Lipinski definition) is 4. The van der Waals surface area contributed by atoms with Gasteiger partial charge in [-0.15, -0.1) is 0 Å². The average Bonchev–Trinajstić information content (AvgIpc) is 3.47. The number of aryl methyl sites for hydroxylation is 1. The zero-order valence-corrected chi connectivity index (χ0v) is 16.8. The Kier molecular flexibility index (Phi) is 4.67. The van der Waals surface area contributed by atoms with Crippen LogP contribution in [0.1, 0.15) is 34.3 Å². The smallest absolute Gasteiger partial charge is 0.251 e. The van der Waals surface area contributed by atoms with Crippen molar-refractivity contribution in [2.45, 2.75) is 32.4 Å². The molecule has 2 aromatic heterocycles. The molecule has 0 bridgehead atoms. The van der Waals surface area contributed by atoms with Crippen molar-refractivity contribution in [3.63, 3.8) is 0 Å². The number of hydrogen-bond donors (Lipinski definition) is 2. The molecule has 4 aromatic rings. The fourth-order valence-corrected chi connectivity index (χ4v) is 3.55. The molecule has 0 saturated heterocycles. The molecular formula is C24H23N5O. The Labute approximate surface area is 175 Å². The second-order valence-corrected chi connectivity index (χ2v) is 7.78. The number of amides is 1. The molecule has 6 heteroatoms. The van der Waals surface area contributed by atoms with Gasteiger partial charge in [-0.05, 0) is 37.5 Å². The van der Waals surface area contributed by atoms with Gasteiger partial charge in [-0.1, -0.05) is 42.0 Å². The largest absolute Gasteiger partial charge is 0.363 e. The normalized spacial score (nSPS) is 13.4. The Balaban J connectivity index is 1.38. The Morgan fingerprint density at radius 1 is 1.13 bits per heavy atom. The van der Waals surface area contributed by atoms with Gasteiger partial charge >= 0.3 is 0 Å². The van der Waals surface area contributed by atoms with Crippen LogP contribution in [-0.4, -0.2) is 26.3 Å². The minimum absolute atomic E-state index is 0.00553. The van der Waals surface area contributed by atoms with Gasteiger partial charge < -0.3 is 10.6 Å². The van der Waals surface area contributed by atoms with Crippen molar-refractivity contribution >= 4 is 17.4 Å². The van der Waals surface area contributed by atoms with E-state index in [4.69, 9.17) is 0 Å². The van der Waals surface area contributed by atoms with Crippen LogP contribution in [0.4, 0.5) is 5.82 Å². The fraction of sp³-hybridized carbons (Fsp3) is 0.208. The summed E-state index contributed by atoms with van der Waals surface area (Å²) in [6, 6.07) is 16.4. The lowest BCUT2D eigenvalue weighted by atomic mass is 10.1. The number of anilines is 1. The molecule has 1 aliphatic rings. The Hall–Kier alpha value is -3.67. The molecule has 150 valence electrons. The average molecular weight is 397 g/mol. The topological polar surface area (TPSA) is 71.3 Å². The highest BCUT2D eigenvalue weighted by Gasteiger charge is 2.23. The maximum Gasteiger partial charge on any atom is 0.251 e. The van der Waals surface area contributed by atoms with Crippen LogP contribution in [0, 0.1) is 6.92 Å². The fourth-order valence-electron chi connectivity index (χ4n) is 3.55. The first-order valence-electron chi connectivity index (χ1n) is 10.2. The number of carbonyl (C=O) groups excluding carboxylic acids is 1. The molecule has 0 spiro atoms. The molecule has 1 fully saturated rings. The maximum atomic E-state index is 12.2. The highest BCUT2D eigenvalue weighted by molar-refractivity contribution is 5.95. The minimum Gasteiger partial charge on any atom is -0.363 e. The van der Waals surface area contributed by atoms with Gasteiger partial charge in [0.05, 0.1) is 11.9 Å². The number of benzene rings is 2. The van der Waals surface area contributed by atoms with Gasteiger partial charge in [-0.2, -0.15) is 0 Å². The molecule has 0 unspecified atom stereocenters. The van der Waals surface area contributed by atoms with Crippen LogP contribution in [0.2, 0.25) is 0 Å². The highest BCUT2D eigenvalue weighted by Crippen LogP contribution is 2.25. The maximum absolute atomic E-state index is 12.2. The first-order valence-corrected chi connectivity index (χ1v) is 10.2. The third-order valence-electron chi connectivity index (χ3n) is 5.33. The van der Waals surface area contributed by atoms with Crippen LogP contribution in [-0.2, 0) is 6.54 Å². The number of aromatic nitrogens is 3. The van der Waals surface area contributed by atoms with E-state index in [0.717, 1.165) is 35.6 Å². The van der Waals surface area contributed by atoms with Crippen molar-refractivity contribution in [1.29, 1.82) is 0 Å². The zero-order valence-electron chi connectivity index (χ0n) is 16.8. The van der Waals surface area contributed by atoms with Gasteiger partial charge in [0.2, 0.25) is 0 Å². The van der Waals surface area contributed by atoms with E-state index in [9.17, 15) is 4.79 Å². The van der Waals surface area contributed by atoms with Gasteiger partial charge in [-0.3, -0.25) is 9.20 Å². The van der Waals surface area contributed by atoms with Crippen LogP contribution < -0.4 is 10.6 Å². The van der Waals surface area contributed by atoms with E-state index in [0.29, 0.717) is 18.2 Å². The van der Waals surface area contributed by atoms with E-state index in [1.54, 1.807) is 6.20 Å². The molecule has 2 heterocycles. The summed E-state index contributed by atoms with van der Waals surface area (Å²) >= 11 is 0. The van der Waals surface area contributed by atoms with Crippen molar-refractivity contribution in [1.82, 2.24) is 19.7 Å². The lowest BCUT2D eigenvalue weighted by Gasteiger charge is -2.09. The van der Waals surface area contributed by atoms with Crippen molar-refractivity contribution in [3.8, 4) is 11.3 Å². The van der Waals surface area contributed by atoms with E-state index in [1.807, 2.05) is 41.1 Å². The summed E-state index contributed by atoms with van der Waals surface area (Å²) < 4.78 is 2.02. The number of nitrogens with zero attached hydrogens (tertiary/aromatic N) is 3. The molecule has 1 saturated carbocycles.